The Bertz CT molecular complexity index is 421. The molecule has 1 aromatic carbocycles. The maximum absolute atomic E-state index is 6.09. The Morgan fingerprint density at radius 2 is 1.27 bits per heavy atom. The quantitative estimate of drug-likeness (QED) is 0.270. The first-order chi connectivity index (χ1) is 10.7. The molecule has 1 nitrogen and oxygen atoms in total. The number of halogens is 3. The zero-order valence-electron chi connectivity index (χ0n) is 13.5. The molecule has 1 aromatic rings. The van der Waals surface area contributed by atoms with Crippen LogP contribution in [0.2, 0.25) is 15.1 Å². The van der Waals surface area contributed by atoms with Gasteiger partial charge in [-0.25, -0.2) is 0 Å². The van der Waals surface area contributed by atoms with Crippen molar-refractivity contribution in [3.63, 3.8) is 0 Å². The Labute approximate surface area is 150 Å². The van der Waals surface area contributed by atoms with Gasteiger partial charge in [-0.05, 0) is 18.6 Å². The lowest BCUT2D eigenvalue weighted by atomic mass is 10.1. The van der Waals surface area contributed by atoms with E-state index in [4.69, 9.17) is 39.5 Å². The zero-order valence-corrected chi connectivity index (χ0v) is 15.7. The topological polar surface area (TPSA) is 9.23 Å². The maximum atomic E-state index is 6.09. The van der Waals surface area contributed by atoms with Gasteiger partial charge in [-0.2, -0.15) is 0 Å². The molecule has 0 aliphatic rings. The molecule has 0 atom stereocenters. The molecule has 0 N–H and O–H groups in total. The smallest absolute Gasteiger partial charge is 0.139 e. The van der Waals surface area contributed by atoms with Crippen LogP contribution >= 0.6 is 34.8 Å². The van der Waals surface area contributed by atoms with Crippen LogP contribution in [0.1, 0.15) is 71.1 Å². The second-order valence-corrected chi connectivity index (χ2v) is 6.87. The molecule has 0 bridgehead atoms. The second-order valence-electron chi connectivity index (χ2n) is 5.70. The highest BCUT2D eigenvalue weighted by Gasteiger charge is 2.09. The van der Waals surface area contributed by atoms with Crippen molar-refractivity contribution < 1.29 is 4.74 Å². The highest BCUT2D eigenvalue weighted by atomic mass is 35.5. The van der Waals surface area contributed by atoms with E-state index in [0.717, 1.165) is 6.42 Å². The fraction of sp³-hybridized carbons (Fsp3) is 0.667. The second kappa shape index (κ2) is 12.3. The fourth-order valence-corrected chi connectivity index (χ4v) is 2.97. The molecule has 1 rings (SSSR count). The normalized spacial score (nSPS) is 10.9. The van der Waals surface area contributed by atoms with Gasteiger partial charge in [-0.1, -0.05) is 99.5 Å². The van der Waals surface area contributed by atoms with Crippen LogP contribution in [0.3, 0.4) is 0 Å². The molecule has 0 spiro atoms. The Hall–Kier alpha value is -0.110. The van der Waals surface area contributed by atoms with Crippen molar-refractivity contribution in [3.05, 3.63) is 27.2 Å². The van der Waals surface area contributed by atoms with Gasteiger partial charge >= 0.3 is 0 Å². The first-order valence-electron chi connectivity index (χ1n) is 8.43. The van der Waals surface area contributed by atoms with Gasteiger partial charge in [-0.3, -0.25) is 0 Å². The maximum Gasteiger partial charge on any atom is 0.139 e. The number of unbranched alkanes of at least 4 members (excludes halogenated alkanes) is 9. The van der Waals surface area contributed by atoms with Crippen molar-refractivity contribution in [2.75, 3.05) is 6.61 Å². The van der Waals surface area contributed by atoms with Crippen LogP contribution in [0, 0.1) is 0 Å². The van der Waals surface area contributed by atoms with E-state index in [-0.39, 0.29) is 0 Å². The molecule has 0 saturated heterocycles. The minimum Gasteiger partial charge on any atom is -0.492 e. The van der Waals surface area contributed by atoms with E-state index in [1.807, 2.05) is 0 Å². The molecule has 22 heavy (non-hydrogen) atoms. The lowest BCUT2D eigenvalue weighted by molar-refractivity contribution is 0.304. The number of benzene rings is 1. The number of hydrogen-bond donors (Lipinski definition) is 0. The summed E-state index contributed by atoms with van der Waals surface area (Å²) in [6.07, 6.45) is 13.1. The molecule has 0 radical (unpaired) electrons. The van der Waals surface area contributed by atoms with Crippen LogP contribution < -0.4 is 4.74 Å². The monoisotopic (exact) mass is 364 g/mol. The Balaban J connectivity index is 2.01. The molecule has 126 valence electrons. The molecule has 0 fully saturated rings. The Kier molecular flexibility index (Phi) is 11.2. The van der Waals surface area contributed by atoms with Gasteiger partial charge < -0.3 is 4.74 Å². The minimum absolute atomic E-state index is 0.365. The SMILES string of the molecule is CCCCCCCCCCCCOc1ccc(Cl)c(Cl)c1Cl. The number of ether oxygens (including phenoxy) is 1. The van der Waals surface area contributed by atoms with E-state index >= 15 is 0 Å². The predicted octanol–water partition coefficient (Wildman–Crippen LogP) is 7.95. The first kappa shape index (κ1) is 19.9. The van der Waals surface area contributed by atoms with Crippen LogP contribution in [-0.4, -0.2) is 6.61 Å². The van der Waals surface area contributed by atoms with Crippen LogP contribution in [0.5, 0.6) is 5.75 Å². The average Bonchev–Trinajstić information content (AvgIpc) is 2.52. The number of hydrogen-bond acceptors (Lipinski definition) is 1. The van der Waals surface area contributed by atoms with E-state index in [2.05, 4.69) is 6.92 Å². The van der Waals surface area contributed by atoms with Crippen molar-refractivity contribution >= 4 is 34.8 Å². The minimum atomic E-state index is 0.365. The molecule has 0 unspecified atom stereocenters. The van der Waals surface area contributed by atoms with Gasteiger partial charge in [0.1, 0.15) is 10.8 Å². The van der Waals surface area contributed by atoms with E-state index in [1.54, 1.807) is 12.1 Å². The molecule has 0 aromatic heterocycles. The Morgan fingerprint density at radius 1 is 0.727 bits per heavy atom. The van der Waals surface area contributed by atoms with Crippen molar-refractivity contribution in [1.29, 1.82) is 0 Å². The summed E-state index contributed by atoms with van der Waals surface area (Å²) in [7, 11) is 0. The predicted molar refractivity (Wildman–Crippen MR) is 98.8 cm³/mol. The van der Waals surface area contributed by atoms with Crippen LogP contribution in [0.25, 0.3) is 0 Å². The molecule has 0 aliphatic heterocycles. The molecule has 4 heteroatoms. The van der Waals surface area contributed by atoms with Crippen molar-refractivity contribution in [2.45, 2.75) is 71.1 Å². The largest absolute Gasteiger partial charge is 0.492 e. The van der Waals surface area contributed by atoms with E-state index in [0.29, 0.717) is 27.4 Å². The van der Waals surface area contributed by atoms with Crippen molar-refractivity contribution in [3.8, 4) is 5.75 Å². The third-order valence-corrected chi connectivity index (χ3v) is 5.03. The summed E-state index contributed by atoms with van der Waals surface area (Å²) in [5.41, 5.74) is 0. The summed E-state index contributed by atoms with van der Waals surface area (Å²) in [6, 6.07) is 3.48. The van der Waals surface area contributed by atoms with Crippen LogP contribution in [0.4, 0.5) is 0 Å². The first-order valence-corrected chi connectivity index (χ1v) is 9.56. The Morgan fingerprint density at radius 3 is 1.86 bits per heavy atom. The summed E-state index contributed by atoms with van der Waals surface area (Å²) in [5.74, 6) is 0.618. The van der Waals surface area contributed by atoms with Gasteiger partial charge in [0.25, 0.3) is 0 Å². The average molecular weight is 366 g/mol. The number of rotatable bonds is 12. The summed E-state index contributed by atoms with van der Waals surface area (Å²) < 4.78 is 5.67. The van der Waals surface area contributed by atoms with E-state index in [9.17, 15) is 0 Å². The fourth-order valence-electron chi connectivity index (χ4n) is 2.39. The molecular formula is C18H27Cl3O. The summed E-state index contributed by atoms with van der Waals surface area (Å²) >= 11 is 18.0. The van der Waals surface area contributed by atoms with Crippen LogP contribution in [0.15, 0.2) is 12.1 Å². The molecule has 0 heterocycles. The zero-order chi connectivity index (χ0) is 16.2. The third kappa shape index (κ3) is 7.94. The van der Waals surface area contributed by atoms with Crippen molar-refractivity contribution in [2.24, 2.45) is 0 Å². The standard InChI is InChI=1S/C18H27Cl3O/c1-2-3-4-5-6-7-8-9-10-11-14-22-16-13-12-15(19)17(20)18(16)21/h12-13H,2-11,14H2,1H3. The highest BCUT2D eigenvalue weighted by Crippen LogP contribution is 2.37. The molecule has 0 saturated carbocycles. The highest BCUT2D eigenvalue weighted by molar-refractivity contribution is 6.48. The van der Waals surface area contributed by atoms with Gasteiger partial charge in [0.2, 0.25) is 0 Å². The molecular weight excluding hydrogens is 339 g/mol. The van der Waals surface area contributed by atoms with Gasteiger partial charge in [-0.15, -0.1) is 0 Å². The van der Waals surface area contributed by atoms with E-state index in [1.165, 1.54) is 57.8 Å². The molecule has 0 aliphatic carbocycles. The summed E-state index contributed by atoms with van der Waals surface area (Å²) in [6.45, 7) is 2.93. The van der Waals surface area contributed by atoms with Crippen LogP contribution in [-0.2, 0) is 0 Å². The lowest BCUT2D eigenvalue weighted by Crippen LogP contribution is -1.98. The van der Waals surface area contributed by atoms with Gasteiger partial charge in [0.05, 0.1) is 16.7 Å². The lowest BCUT2D eigenvalue weighted by Gasteiger charge is -2.09. The van der Waals surface area contributed by atoms with Crippen molar-refractivity contribution in [1.82, 2.24) is 0 Å². The van der Waals surface area contributed by atoms with Gasteiger partial charge in [0.15, 0.2) is 0 Å². The summed E-state index contributed by atoms with van der Waals surface area (Å²) in [4.78, 5) is 0. The molecule has 0 amide bonds. The summed E-state index contributed by atoms with van der Waals surface area (Å²) in [5, 5.41) is 1.23. The van der Waals surface area contributed by atoms with Gasteiger partial charge in [0, 0.05) is 0 Å². The van der Waals surface area contributed by atoms with E-state index < -0.39 is 0 Å². The third-order valence-electron chi connectivity index (χ3n) is 3.76.